The van der Waals surface area contributed by atoms with Gasteiger partial charge in [0.2, 0.25) is 0 Å². The van der Waals surface area contributed by atoms with Crippen LogP contribution in [0.4, 0.5) is 4.39 Å². The Morgan fingerprint density at radius 3 is 2.65 bits per heavy atom. The van der Waals surface area contributed by atoms with E-state index in [4.69, 9.17) is 0 Å². The molecular weight excluding hydrogens is 389 g/mol. The SMILES string of the molecule is CC1CCC(CBr)(NC(=O)c2ccc(F)c(Br)c2)CC1. The molecule has 2 rings (SSSR count). The minimum atomic E-state index is -0.358. The Hall–Kier alpha value is -0.420. The monoisotopic (exact) mass is 405 g/mol. The Labute approximate surface area is 135 Å². The maximum Gasteiger partial charge on any atom is 0.251 e. The van der Waals surface area contributed by atoms with Crippen LogP contribution in [0.5, 0.6) is 0 Å². The second kappa shape index (κ2) is 6.56. The van der Waals surface area contributed by atoms with Crippen molar-refractivity contribution in [2.45, 2.75) is 38.1 Å². The zero-order valence-electron chi connectivity index (χ0n) is 11.4. The normalized spacial score (nSPS) is 26.3. The molecule has 0 saturated heterocycles. The van der Waals surface area contributed by atoms with E-state index in [-0.39, 0.29) is 17.3 Å². The van der Waals surface area contributed by atoms with Gasteiger partial charge < -0.3 is 5.32 Å². The van der Waals surface area contributed by atoms with Crippen molar-refractivity contribution >= 4 is 37.8 Å². The molecule has 0 radical (unpaired) electrons. The van der Waals surface area contributed by atoms with Gasteiger partial charge in [-0.25, -0.2) is 4.39 Å². The number of halogens is 3. The lowest BCUT2D eigenvalue weighted by molar-refractivity contribution is 0.0874. The first-order valence-electron chi connectivity index (χ1n) is 6.79. The van der Waals surface area contributed by atoms with Gasteiger partial charge >= 0.3 is 0 Å². The van der Waals surface area contributed by atoms with E-state index in [1.165, 1.54) is 18.2 Å². The maximum atomic E-state index is 13.2. The Morgan fingerprint density at radius 2 is 2.10 bits per heavy atom. The average Bonchev–Trinajstić information content (AvgIpc) is 2.44. The molecule has 0 atom stereocenters. The van der Waals surface area contributed by atoms with Gasteiger partial charge in [0.15, 0.2) is 0 Å². The lowest BCUT2D eigenvalue weighted by atomic mass is 9.78. The molecule has 0 bridgehead atoms. The van der Waals surface area contributed by atoms with Crippen molar-refractivity contribution in [1.82, 2.24) is 5.32 Å². The number of hydrogen-bond acceptors (Lipinski definition) is 1. The lowest BCUT2D eigenvalue weighted by Crippen LogP contribution is -2.52. The minimum Gasteiger partial charge on any atom is -0.346 e. The molecule has 110 valence electrons. The van der Waals surface area contributed by atoms with Crippen molar-refractivity contribution in [1.29, 1.82) is 0 Å². The number of carbonyl (C=O) groups is 1. The molecule has 20 heavy (non-hydrogen) atoms. The maximum absolute atomic E-state index is 13.2. The van der Waals surface area contributed by atoms with Gasteiger partial charge in [0.05, 0.1) is 10.0 Å². The second-order valence-electron chi connectivity index (χ2n) is 5.68. The number of carbonyl (C=O) groups excluding carboxylic acids is 1. The highest BCUT2D eigenvalue weighted by atomic mass is 79.9. The topological polar surface area (TPSA) is 29.1 Å². The van der Waals surface area contributed by atoms with Gasteiger partial charge in [0.1, 0.15) is 5.82 Å². The molecule has 2 nitrogen and oxygen atoms in total. The first-order chi connectivity index (χ1) is 9.46. The molecule has 1 N–H and O–H groups in total. The van der Waals surface area contributed by atoms with Crippen molar-refractivity contribution in [3.8, 4) is 0 Å². The lowest BCUT2D eigenvalue weighted by Gasteiger charge is -2.39. The highest BCUT2D eigenvalue weighted by Gasteiger charge is 2.34. The van der Waals surface area contributed by atoms with E-state index in [1.807, 2.05) is 0 Å². The molecule has 1 aromatic rings. The largest absolute Gasteiger partial charge is 0.346 e. The standard InChI is InChI=1S/C15H18Br2FNO/c1-10-4-6-15(9-16,7-5-10)19-14(20)11-2-3-13(18)12(17)8-11/h2-3,8,10H,4-7,9H2,1H3,(H,19,20). The predicted octanol–water partition coefficient (Wildman–Crippen LogP) is 4.66. The molecule has 1 aliphatic rings. The molecule has 0 aliphatic heterocycles. The van der Waals surface area contributed by atoms with Crippen molar-refractivity contribution < 1.29 is 9.18 Å². The van der Waals surface area contributed by atoms with Gasteiger partial charge in [0.25, 0.3) is 5.91 Å². The zero-order chi connectivity index (χ0) is 14.8. The van der Waals surface area contributed by atoms with Crippen LogP contribution in [0.25, 0.3) is 0 Å². The van der Waals surface area contributed by atoms with Gasteiger partial charge in [-0.05, 0) is 65.7 Å². The van der Waals surface area contributed by atoms with Gasteiger partial charge in [-0.1, -0.05) is 22.9 Å². The second-order valence-corrected chi connectivity index (χ2v) is 7.09. The van der Waals surface area contributed by atoms with Crippen LogP contribution in [0.2, 0.25) is 0 Å². The van der Waals surface area contributed by atoms with E-state index in [0.717, 1.165) is 36.9 Å². The summed E-state index contributed by atoms with van der Waals surface area (Å²) >= 11 is 6.64. The van der Waals surface area contributed by atoms with Crippen LogP contribution < -0.4 is 5.32 Å². The number of rotatable bonds is 3. The Kier molecular flexibility index (Phi) is 5.24. The fourth-order valence-corrected chi connectivity index (χ4v) is 3.64. The first-order valence-corrected chi connectivity index (χ1v) is 8.71. The summed E-state index contributed by atoms with van der Waals surface area (Å²) in [6.45, 7) is 2.25. The van der Waals surface area contributed by atoms with Crippen molar-refractivity contribution in [3.05, 3.63) is 34.1 Å². The van der Waals surface area contributed by atoms with Crippen molar-refractivity contribution in [2.24, 2.45) is 5.92 Å². The van der Waals surface area contributed by atoms with Gasteiger partial charge in [-0.3, -0.25) is 4.79 Å². The molecule has 0 unspecified atom stereocenters. The Morgan fingerprint density at radius 1 is 1.45 bits per heavy atom. The van der Waals surface area contributed by atoms with Crippen LogP contribution in [-0.2, 0) is 0 Å². The third kappa shape index (κ3) is 3.61. The summed E-state index contributed by atoms with van der Waals surface area (Å²) in [6.07, 6.45) is 4.21. The summed E-state index contributed by atoms with van der Waals surface area (Å²) in [6, 6.07) is 4.35. The van der Waals surface area contributed by atoms with E-state index in [2.05, 4.69) is 44.1 Å². The van der Waals surface area contributed by atoms with E-state index in [0.29, 0.717) is 10.0 Å². The average molecular weight is 407 g/mol. The first kappa shape index (κ1) is 16.0. The number of nitrogens with one attached hydrogen (secondary N) is 1. The van der Waals surface area contributed by atoms with Crippen LogP contribution in [0.3, 0.4) is 0 Å². The molecule has 0 heterocycles. The molecule has 0 aromatic heterocycles. The zero-order valence-corrected chi connectivity index (χ0v) is 14.6. The molecule has 1 aliphatic carbocycles. The van der Waals surface area contributed by atoms with E-state index < -0.39 is 0 Å². The summed E-state index contributed by atoms with van der Waals surface area (Å²) in [7, 11) is 0. The highest BCUT2D eigenvalue weighted by Crippen LogP contribution is 2.33. The quantitative estimate of drug-likeness (QED) is 0.726. The van der Waals surface area contributed by atoms with Crippen LogP contribution in [0.15, 0.2) is 22.7 Å². The molecule has 1 saturated carbocycles. The van der Waals surface area contributed by atoms with Crippen LogP contribution in [0.1, 0.15) is 43.0 Å². The van der Waals surface area contributed by atoms with Crippen LogP contribution in [-0.4, -0.2) is 16.8 Å². The summed E-state index contributed by atoms with van der Waals surface area (Å²) in [5.41, 5.74) is 0.307. The predicted molar refractivity (Wildman–Crippen MR) is 85.7 cm³/mol. The van der Waals surface area contributed by atoms with Gasteiger partial charge in [-0.2, -0.15) is 0 Å². The number of alkyl halides is 1. The number of benzene rings is 1. The molecule has 1 amide bonds. The molecule has 1 aromatic carbocycles. The van der Waals surface area contributed by atoms with Crippen LogP contribution >= 0.6 is 31.9 Å². The van der Waals surface area contributed by atoms with Crippen LogP contribution in [0, 0.1) is 11.7 Å². The fourth-order valence-electron chi connectivity index (χ4n) is 2.56. The molecule has 0 spiro atoms. The van der Waals surface area contributed by atoms with Gasteiger partial charge in [0, 0.05) is 10.9 Å². The van der Waals surface area contributed by atoms with Crippen molar-refractivity contribution in [3.63, 3.8) is 0 Å². The highest BCUT2D eigenvalue weighted by molar-refractivity contribution is 9.10. The molecule has 1 fully saturated rings. The summed E-state index contributed by atoms with van der Waals surface area (Å²) in [5.74, 6) is 0.224. The summed E-state index contributed by atoms with van der Waals surface area (Å²) in [5, 5.41) is 3.89. The number of hydrogen-bond donors (Lipinski definition) is 1. The molecular formula is C15H18Br2FNO. The third-order valence-corrected chi connectivity index (χ3v) is 5.73. The van der Waals surface area contributed by atoms with E-state index in [1.54, 1.807) is 0 Å². The third-order valence-electron chi connectivity index (χ3n) is 4.05. The number of amides is 1. The molecule has 5 heteroatoms. The summed E-state index contributed by atoms with van der Waals surface area (Å²) in [4.78, 5) is 12.3. The Bertz CT molecular complexity index is 499. The Balaban J connectivity index is 2.11. The minimum absolute atomic E-state index is 0.139. The fraction of sp³-hybridized carbons (Fsp3) is 0.533. The van der Waals surface area contributed by atoms with E-state index >= 15 is 0 Å². The van der Waals surface area contributed by atoms with Crippen molar-refractivity contribution in [2.75, 3.05) is 5.33 Å². The summed E-state index contributed by atoms with van der Waals surface area (Å²) < 4.78 is 13.5. The van der Waals surface area contributed by atoms with Gasteiger partial charge in [-0.15, -0.1) is 0 Å². The smallest absolute Gasteiger partial charge is 0.251 e. The van der Waals surface area contributed by atoms with E-state index in [9.17, 15) is 9.18 Å².